The van der Waals surface area contributed by atoms with Crippen molar-refractivity contribution in [1.29, 1.82) is 5.26 Å². The first-order valence-corrected chi connectivity index (χ1v) is 11.9. The fourth-order valence-electron chi connectivity index (χ4n) is 3.95. The second-order valence-electron chi connectivity index (χ2n) is 7.75. The molecule has 1 aromatic heterocycles. The highest BCUT2D eigenvalue weighted by atomic mass is 35.5. The molecule has 4 aromatic rings. The molecule has 11 heteroatoms. The number of non-ortho nitro benzene ring substituents is 1. The highest BCUT2D eigenvalue weighted by Crippen LogP contribution is 2.44. The Bertz CT molecular complexity index is 1640. The van der Waals surface area contributed by atoms with Gasteiger partial charge in [-0.1, -0.05) is 47.5 Å². The number of halogens is 2. The third-order valence-electron chi connectivity index (χ3n) is 5.62. The van der Waals surface area contributed by atoms with Crippen molar-refractivity contribution in [3.63, 3.8) is 0 Å². The number of benzene rings is 3. The minimum absolute atomic E-state index is 0.0778. The van der Waals surface area contributed by atoms with E-state index in [1.165, 1.54) is 29.5 Å². The molecule has 1 atom stereocenters. The second-order valence-corrected chi connectivity index (χ2v) is 9.61. The van der Waals surface area contributed by atoms with E-state index >= 15 is 0 Å². The molecule has 2 N–H and O–H groups in total. The van der Waals surface area contributed by atoms with E-state index in [2.05, 4.69) is 6.07 Å². The van der Waals surface area contributed by atoms with Crippen molar-refractivity contribution in [3.8, 4) is 17.6 Å². The standard InChI is InChI=1S/C25H13Cl2N3O5S/c26-13-3-7-17-20(9-13)36-23(22(17)27)25(31)34-15-6-8-16-19(10-15)35-24(29)18(11-28)21(16)12-1-4-14(5-2-12)30(32)33/h1-10,21H,29H2. The molecule has 0 amide bonds. The molecular formula is C25H13Cl2N3O5S. The van der Waals surface area contributed by atoms with Crippen LogP contribution in [-0.4, -0.2) is 10.9 Å². The molecule has 8 nitrogen and oxygen atoms in total. The second kappa shape index (κ2) is 9.17. The van der Waals surface area contributed by atoms with Crippen molar-refractivity contribution in [2.45, 2.75) is 5.92 Å². The van der Waals surface area contributed by atoms with Crippen LogP contribution in [0.2, 0.25) is 10.0 Å². The van der Waals surface area contributed by atoms with Gasteiger partial charge in [-0.15, -0.1) is 11.3 Å². The minimum atomic E-state index is -0.652. The molecular weight excluding hydrogens is 525 g/mol. The van der Waals surface area contributed by atoms with Gasteiger partial charge in [-0.25, -0.2) is 4.79 Å². The summed E-state index contributed by atoms with van der Waals surface area (Å²) in [6.45, 7) is 0. The lowest BCUT2D eigenvalue weighted by Gasteiger charge is -2.26. The van der Waals surface area contributed by atoms with Crippen molar-refractivity contribution in [2.24, 2.45) is 5.73 Å². The van der Waals surface area contributed by atoms with Crippen LogP contribution in [0.15, 0.2) is 72.1 Å². The zero-order valence-electron chi connectivity index (χ0n) is 18.0. The number of carbonyl (C=O) groups is 1. The number of esters is 1. The Balaban J connectivity index is 1.48. The van der Waals surface area contributed by atoms with Gasteiger partial charge in [0.1, 0.15) is 28.0 Å². The number of hydrogen-bond donors (Lipinski definition) is 1. The number of hydrogen-bond acceptors (Lipinski definition) is 8. The van der Waals surface area contributed by atoms with Gasteiger partial charge < -0.3 is 15.2 Å². The Morgan fingerprint density at radius 2 is 1.89 bits per heavy atom. The van der Waals surface area contributed by atoms with E-state index in [9.17, 15) is 20.2 Å². The van der Waals surface area contributed by atoms with Gasteiger partial charge in [-0.05, 0) is 23.8 Å². The fraction of sp³-hybridized carbons (Fsp3) is 0.0400. The number of fused-ring (bicyclic) bond motifs is 2. The van der Waals surface area contributed by atoms with Crippen LogP contribution >= 0.6 is 34.5 Å². The summed E-state index contributed by atoms with van der Waals surface area (Å²) in [6.07, 6.45) is 0. The smallest absolute Gasteiger partial charge is 0.355 e. The SMILES string of the molecule is N#CC1=C(N)Oc2cc(OC(=O)c3sc4cc(Cl)ccc4c3Cl)ccc2C1c1ccc([N+](=O)[O-])cc1. The van der Waals surface area contributed by atoms with E-state index in [0.717, 1.165) is 4.70 Å². The molecule has 0 saturated carbocycles. The number of nitro groups is 1. The summed E-state index contributed by atoms with van der Waals surface area (Å²) in [6, 6.07) is 17.7. The van der Waals surface area contributed by atoms with Crippen molar-refractivity contribution in [3.05, 3.63) is 108 Å². The molecule has 36 heavy (non-hydrogen) atoms. The monoisotopic (exact) mass is 537 g/mol. The minimum Gasteiger partial charge on any atom is -0.440 e. The van der Waals surface area contributed by atoms with Crippen molar-refractivity contribution < 1.29 is 19.2 Å². The van der Waals surface area contributed by atoms with Gasteiger partial charge in [0.25, 0.3) is 5.69 Å². The Morgan fingerprint density at radius 1 is 1.14 bits per heavy atom. The largest absolute Gasteiger partial charge is 0.440 e. The van der Waals surface area contributed by atoms with Gasteiger partial charge in [0.15, 0.2) is 0 Å². The average Bonchev–Trinajstić information content (AvgIpc) is 3.18. The number of thiophene rings is 1. The molecule has 0 bridgehead atoms. The topological polar surface area (TPSA) is 128 Å². The Labute approximate surface area is 217 Å². The number of allylic oxidation sites excluding steroid dienone is 1. The van der Waals surface area contributed by atoms with Gasteiger partial charge in [-0.3, -0.25) is 10.1 Å². The summed E-state index contributed by atoms with van der Waals surface area (Å²) < 4.78 is 12.0. The summed E-state index contributed by atoms with van der Waals surface area (Å²) in [4.78, 5) is 23.6. The van der Waals surface area contributed by atoms with Crippen LogP contribution in [0.3, 0.4) is 0 Å². The number of nitro benzene ring substituents is 1. The van der Waals surface area contributed by atoms with E-state index < -0.39 is 16.8 Å². The zero-order chi connectivity index (χ0) is 25.6. The average molecular weight is 538 g/mol. The van der Waals surface area contributed by atoms with Crippen LogP contribution in [0.4, 0.5) is 5.69 Å². The number of carbonyl (C=O) groups excluding carboxylic acids is 1. The van der Waals surface area contributed by atoms with Crippen LogP contribution in [0.25, 0.3) is 10.1 Å². The number of nitrogens with zero attached hydrogens (tertiary/aromatic N) is 2. The van der Waals surface area contributed by atoms with Crippen molar-refractivity contribution in [2.75, 3.05) is 0 Å². The van der Waals surface area contributed by atoms with Crippen molar-refractivity contribution in [1.82, 2.24) is 0 Å². The first-order chi connectivity index (χ1) is 17.3. The molecule has 178 valence electrons. The normalized spacial score (nSPS) is 14.6. The summed E-state index contributed by atoms with van der Waals surface area (Å²) in [5.74, 6) is -0.913. The molecule has 1 aliphatic heterocycles. The molecule has 0 spiro atoms. The molecule has 0 aliphatic carbocycles. The highest BCUT2D eigenvalue weighted by molar-refractivity contribution is 7.21. The number of nitrogens with two attached hydrogens (primary N) is 1. The van der Waals surface area contributed by atoms with Crippen LogP contribution in [0.1, 0.15) is 26.7 Å². The van der Waals surface area contributed by atoms with Crippen LogP contribution in [0.5, 0.6) is 11.5 Å². The van der Waals surface area contributed by atoms with Gasteiger partial charge in [0.05, 0.1) is 15.9 Å². The first kappa shape index (κ1) is 23.6. The summed E-state index contributed by atoms with van der Waals surface area (Å²) in [5.41, 5.74) is 7.31. The maximum atomic E-state index is 12.9. The lowest BCUT2D eigenvalue weighted by Crippen LogP contribution is -2.21. The Morgan fingerprint density at radius 3 is 2.58 bits per heavy atom. The van der Waals surface area contributed by atoms with E-state index in [4.69, 9.17) is 38.4 Å². The Kier molecular flexibility index (Phi) is 6.02. The molecule has 3 aromatic carbocycles. The van der Waals surface area contributed by atoms with E-state index in [-0.39, 0.29) is 38.5 Å². The maximum Gasteiger partial charge on any atom is 0.355 e. The summed E-state index contributed by atoms with van der Waals surface area (Å²) in [7, 11) is 0. The highest BCUT2D eigenvalue weighted by Gasteiger charge is 2.31. The van der Waals surface area contributed by atoms with E-state index in [0.29, 0.717) is 21.5 Å². The molecule has 0 radical (unpaired) electrons. The van der Waals surface area contributed by atoms with E-state index in [1.807, 2.05) is 0 Å². The van der Waals surface area contributed by atoms with E-state index in [1.54, 1.807) is 42.5 Å². The van der Waals surface area contributed by atoms with Crippen molar-refractivity contribution >= 4 is 56.3 Å². The number of nitriles is 1. The van der Waals surface area contributed by atoms with Gasteiger partial charge >= 0.3 is 5.97 Å². The lowest BCUT2D eigenvalue weighted by molar-refractivity contribution is -0.384. The predicted octanol–water partition coefficient (Wildman–Crippen LogP) is 6.55. The zero-order valence-corrected chi connectivity index (χ0v) is 20.4. The molecule has 0 saturated heterocycles. The molecule has 5 rings (SSSR count). The molecule has 0 fully saturated rings. The fourth-order valence-corrected chi connectivity index (χ4v) is 5.62. The number of rotatable bonds is 4. The summed E-state index contributed by atoms with van der Waals surface area (Å²) >= 11 is 13.6. The van der Waals surface area contributed by atoms with Crippen LogP contribution in [-0.2, 0) is 0 Å². The van der Waals surface area contributed by atoms with Gasteiger partial charge in [-0.2, -0.15) is 5.26 Å². The van der Waals surface area contributed by atoms with Crippen LogP contribution < -0.4 is 15.2 Å². The lowest BCUT2D eigenvalue weighted by atomic mass is 9.83. The quantitative estimate of drug-likeness (QED) is 0.135. The van der Waals surface area contributed by atoms with Gasteiger partial charge in [0, 0.05) is 38.9 Å². The van der Waals surface area contributed by atoms with Gasteiger partial charge in [0.2, 0.25) is 5.88 Å². The molecule has 2 heterocycles. The molecule has 1 aliphatic rings. The third-order valence-corrected chi connectivity index (χ3v) is 7.49. The first-order valence-electron chi connectivity index (χ1n) is 10.3. The van der Waals surface area contributed by atoms with Crippen LogP contribution in [0, 0.1) is 21.4 Å². The summed E-state index contributed by atoms with van der Waals surface area (Å²) in [5, 5.41) is 22.2. The molecule has 1 unspecified atom stereocenters. The predicted molar refractivity (Wildman–Crippen MR) is 136 cm³/mol. The Hall–Kier alpha value is -4.10. The third kappa shape index (κ3) is 4.12. The number of ether oxygens (including phenoxy) is 2. The maximum absolute atomic E-state index is 12.9.